The summed E-state index contributed by atoms with van der Waals surface area (Å²) in [7, 11) is 0. The Morgan fingerprint density at radius 3 is 2.48 bits per heavy atom. The van der Waals surface area contributed by atoms with Crippen LogP contribution in [0.15, 0.2) is 53.1 Å². The molecule has 2 aromatic heterocycles. The highest BCUT2D eigenvalue weighted by Crippen LogP contribution is 2.16. The van der Waals surface area contributed by atoms with Crippen LogP contribution in [-0.4, -0.2) is 33.2 Å². The molecule has 3 rings (SSSR count). The topological polar surface area (TPSA) is 86.1 Å². The number of halogens is 1. The first-order chi connectivity index (χ1) is 13.8. The highest BCUT2D eigenvalue weighted by Gasteiger charge is 2.14. The van der Waals surface area contributed by atoms with Gasteiger partial charge >= 0.3 is 5.97 Å². The number of amides is 1. The maximum Gasteiger partial charge on any atom is 0.340 e. The van der Waals surface area contributed by atoms with Crippen molar-refractivity contribution in [3.05, 3.63) is 75.6 Å². The van der Waals surface area contributed by atoms with Gasteiger partial charge in [-0.2, -0.15) is 5.10 Å². The Bertz CT molecular complexity index is 1010. The zero-order valence-electron chi connectivity index (χ0n) is 16.3. The summed E-state index contributed by atoms with van der Waals surface area (Å²) in [5.74, 6) is -0.377. The van der Waals surface area contributed by atoms with Gasteiger partial charge in [0, 0.05) is 16.4 Å². The lowest BCUT2D eigenvalue weighted by molar-refractivity contribution is -0.124. The zero-order chi connectivity index (χ0) is 21.0. The van der Waals surface area contributed by atoms with E-state index in [0.717, 1.165) is 21.4 Å². The highest BCUT2D eigenvalue weighted by molar-refractivity contribution is 9.10. The van der Waals surface area contributed by atoms with E-state index < -0.39 is 5.97 Å². The number of hydrogen-bond acceptors (Lipinski definition) is 5. The third-order valence-corrected chi connectivity index (χ3v) is 4.82. The Hall–Kier alpha value is -3.00. The predicted molar refractivity (Wildman–Crippen MR) is 112 cm³/mol. The molecule has 0 spiro atoms. The van der Waals surface area contributed by atoms with Crippen LogP contribution < -0.4 is 5.32 Å². The van der Waals surface area contributed by atoms with Gasteiger partial charge in [0.25, 0.3) is 5.91 Å². The second-order valence-corrected chi connectivity index (χ2v) is 7.58. The van der Waals surface area contributed by atoms with Gasteiger partial charge in [0.15, 0.2) is 12.4 Å². The summed E-state index contributed by atoms with van der Waals surface area (Å²) in [5, 5.41) is 7.16. The minimum absolute atomic E-state index is 0.198. The van der Waals surface area contributed by atoms with Crippen molar-refractivity contribution in [3.8, 4) is 5.82 Å². The van der Waals surface area contributed by atoms with E-state index in [-0.39, 0.29) is 24.1 Å². The van der Waals surface area contributed by atoms with Crippen molar-refractivity contribution in [2.24, 2.45) is 0 Å². The number of carbonyl (C=O) groups is 2. The van der Waals surface area contributed by atoms with E-state index in [2.05, 4.69) is 31.3 Å². The van der Waals surface area contributed by atoms with Gasteiger partial charge < -0.3 is 10.1 Å². The average molecular weight is 457 g/mol. The Balaban J connectivity index is 1.54. The number of nitrogens with one attached hydrogen (secondary N) is 1. The van der Waals surface area contributed by atoms with Crippen molar-refractivity contribution in [1.29, 1.82) is 0 Å². The molecule has 0 aliphatic carbocycles. The van der Waals surface area contributed by atoms with Gasteiger partial charge in [-0.3, -0.25) is 4.79 Å². The molecule has 3 aromatic rings. The Morgan fingerprint density at radius 1 is 1.17 bits per heavy atom. The number of ether oxygens (including phenoxy) is 1. The van der Waals surface area contributed by atoms with E-state index in [1.165, 1.54) is 6.20 Å². The molecule has 150 valence electrons. The molecule has 2 heterocycles. The smallest absolute Gasteiger partial charge is 0.340 e. The summed E-state index contributed by atoms with van der Waals surface area (Å²) < 4.78 is 7.76. The van der Waals surface area contributed by atoms with Crippen LogP contribution >= 0.6 is 15.9 Å². The molecule has 0 bridgehead atoms. The number of pyridine rings is 1. The molecule has 0 aliphatic rings. The monoisotopic (exact) mass is 456 g/mol. The highest BCUT2D eigenvalue weighted by atomic mass is 79.9. The van der Waals surface area contributed by atoms with Crippen molar-refractivity contribution in [2.75, 3.05) is 6.61 Å². The first kappa shape index (κ1) is 20.7. The minimum Gasteiger partial charge on any atom is -0.452 e. The van der Waals surface area contributed by atoms with Gasteiger partial charge in [-0.25, -0.2) is 14.5 Å². The lowest BCUT2D eigenvalue weighted by Crippen LogP contribution is -2.31. The molecule has 0 saturated heterocycles. The summed E-state index contributed by atoms with van der Waals surface area (Å²) in [6, 6.07) is 12.7. The summed E-state index contributed by atoms with van der Waals surface area (Å²) >= 11 is 3.38. The van der Waals surface area contributed by atoms with Crippen molar-refractivity contribution in [3.63, 3.8) is 0 Å². The molecule has 1 aromatic carbocycles. The predicted octanol–water partition coefficient (Wildman–Crippen LogP) is 3.68. The first-order valence-corrected chi connectivity index (χ1v) is 9.84. The SMILES string of the molecule is Cc1cc(C)n(-c2ccc(C(=O)OCC(=O)NC(C)c3ccc(Br)cc3)cn2)n1. The molecule has 0 saturated carbocycles. The Morgan fingerprint density at radius 2 is 1.90 bits per heavy atom. The second-order valence-electron chi connectivity index (χ2n) is 6.66. The van der Waals surface area contributed by atoms with E-state index in [1.807, 2.05) is 51.1 Å². The van der Waals surface area contributed by atoms with E-state index in [4.69, 9.17) is 4.74 Å². The largest absolute Gasteiger partial charge is 0.452 e. The normalized spacial score (nSPS) is 11.7. The fraction of sp³-hybridized carbons (Fsp3) is 0.238. The number of aromatic nitrogens is 3. The number of carbonyl (C=O) groups excluding carboxylic acids is 2. The maximum atomic E-state index is 12.2. The van der Waals surface area contributed by atoms with Gasteiger partial charge in [-0.15, -0.1) is 0 Å². The van der Waals surface area contributed by atoms with Crippen LogP contribution in [-0.2, 0) is 9.53 Å². The lowest BCUT2D eigenvalue weighted by Gasteiger charge is -2.14. The summed E-state index contributed by atoms with van der Waals surface area (Å²) in [6.45, 7) is 5.33. The number of hydrogen-bond donors (Lipinski definition) is 1. The molecule has 1 N–H and O–H groups in total. The molecule has 0 radical (unpaired) electrons. The number of aryl methyl sites for hydroxylation is 2. The van der Waals surface area contributed by atoms with Gasteiger partial charge in [0.2, 0.25) is 0 Å². The Kier molecular flexibility index (Phi) is 6.43. The van der Waals surface area contributed by atoms with Gasteiger partial charge in [-0.05, 0) is 56.7 Å². The number of esters is 1. The van der Waals surface area contributed by atoms with E-state index in [9.17, 15) is 9.59 Å². The minimum atomic E-state index is -0.608. The van der Waals surface area contributed by atoms with Crippen molar-refractivity contribution < 1.29 is 14.3 Å². The molecule has 0 aliphatic heterocycles. The third-order valence-electron chi connectivity index (χ3n) is 4.29. The Labute approximate surface area is 177 Å². The molecule has 1 atom stereocenters. The van der Waals surface area contributed by atoms with Gasteiger partial charge in [0.05, 0.1) is 17.3 Å². The third kappa shape index (κ3) is 5.29. The maximum absolute atomic E-state index is 12.2. The van der Waals surface area contributed by atoms with E-state index in [0.29, 0.717) is 5.82 Å². The molecule has 1 unspecified atom stereocenters. The van der Waals surface area contributed by atoms with E-state index in [1.54, 1.807) is 16.8 Å². The molecular formula is C21H21BrN4O3. The summed E-state index contributed by atoms with van der Waals surface area (Å²) in [4.78, 5) is 28.5. The number of nitrogens with zero attached hydrogens (tertiary/aromatic N) is 3. The van der Waals surface area contributed by atoms with Crippen LogP contribution in [0.5, 0.6) is 0 Å². The summed E-state index contributed by atoms with van der Waals surface area (Å²) in [6.07, 6.45) is 1.41. The second kappa shape index (κ2) is 9.00. The van der Waals surface area contributed by atoms with Gasteiger partial charge in [-0.1, -0.05) is 28.1 Å². The fourth-order valence-corrected chi connectivity index (χ4v) is 3.09. The van der Waals surface area contributed by atoms with Crippen molar-refractivity contribution in [2.45, 2.75) is 26.8 Å². The molecule has 29 heavy (non-hydrogen) atoms. The van der Waals surface area contributed by atoms with Gasteiger partial charge in [0.1, 0.15) is 0 Å². The van der Waals surface area contributed by atoms with Crippen LogP contribution in [0, 0.1) is 13.8 Å². The number of benzene rings is 1. The molecule has 0 fully saturated rings. The van der Waals surface area contributed by atoms with Crippen LogP contribution in [0.4, 0.5) is 0 Å². The molecular weight excluding hydrogens is 436 g/mol. The zero-order valence-corrected chi connectivity index (χ0v) is 17.9. The van der Waals surface area contributed by atoms with Crippen LogP contribution in [0.3, 0.4) is 0 Å². The summed E-state index contributed by atoms with van der Waals surface area (Å²) in [5.41, 5.74) is 3.05. The van der Waals surface area contributed by atoms with Crippen molar-refractivity contribution >= 4 is 27.8 Å². The average Bonchev–Trinajstić information content (AvgIpc) is 3.04. The fourth-order valence-electron chi connectivity index (χ4n) is 2.83. The van der Waals surface area contributed by atoms with Crippen LogP contribution in [0.1, 0.15) is 40.3 Å². The number of rotatable bonds is 6. The quantitative estimate of drug-likeness (QED) is 0.571. The lowest BCUT2D eigenvalue weighted by atomic mass is 10.1. The molecule has 1 amide bonds. The first-order valence-electron chi connectivity index (χ1n) is 9.05. The molecule has 7 nitrogen and oxygen atoms in total. The molecule has 8 heteroatoms. The van der Waals surface area contributed by atoms with Crippen LogP contribution in [0.25, 0.3) is 5.82 Å². The van der Waals surface area contributed by atoms with E-state index >= 15 is 0 Å². The van der Waals surface area contributed by atoms with Crippen LogP contribution in [0.2, 0.25) is 0 Å². The van der Waals surface area contributed by atoms with Crippen molar-refractivity contribution in [1.82, 2.24) is 20.1 Å². The standard InChI is InChI=1S/C21H21BrN4O3/c1-13-10-14(2)26(25-13)19-9-6-17(11-23-19)21(28)29-12-20(27)24-15(3)16-4-7-18(22)8-5-16/h4-11,15H,12H2,1-3H3,(H,24,27).